The highest BCUT2D eigenvalue weighted by Gasteiger charge is 2.06. The normalized spacial score (nSPS) is 10.7. The van der Waals surface area contributed by atoms with Crippen LogP contribution in [0.1, 0.15) is 0 Å². The maximum atomic E-state index is 9.89. The Labute approximate surface area is 105 Å². The summed E-state index contributed by atoms with van der Waals surface area (Å²) in [5.41, 5.74) is 8.53. The van der Waals surface area contributed by atoms with Gasteiger partial charge in [0.05, 0.1) is 0 Å². The molecule has 88 valence electrons. The Bertz CT molecular complexity index is 719. The molecule has 0 fully saturated rings. The van der Waals surface area contributed by atoms with Crippen LogP contribution in [0.4, 0.5) is 5.69 Å². The zero-order valence-corrected chi connectivity index (χ0v) is 9.80. The van der Waals surface area contributed by atoms with Crippen molar-refractivity contribution in [3.05, 3.63) is 60.7 Å². The monoisotopic (exact) mass is 235 g/mol. The Kier molecular flexibility index (Phi) is 2.41. The molecular formula is C16H13NO. The van der Waals surface area contributed by atoms with Gasteiger partial charge < -0.3 is 10.8 Å². The number of rotatable bonds is 1. The fourth-order valence-electron chi connectivity index (χ4n) is 2.21. The van der Waals surface area contributed by atoms with Gasteiger partial charge in [-0.15, -0.1) is 0 Å². The molecule has 0 bridgehead atoms. The van der Waals surface area contributed by atoms with Crippen molar-refractivity contribution in [1.82, 2.24) is 0 Å². The zero-order chi connectivity index (χ0) is 12.5. The first-order valence-electron chi connectivity index (χ1n) is 5.82. The van der Waals surface area contributed by atoms with E-state index in [1.54, 1.807) is 6.07 Å². The SMILES string of the molecule is Nc1cc(-c2ccccc2O)cc2ccccc12. The van der Waals surface area contributed by atoms with Gasteiger partial charge in [-0.05, 0) is 29.1 Å². The van der Waals surface area contributed by atoms with Crippen molar-refractivity contribution in [3.8, 4) is 16.9 Å². The van der Waals surface area contributed by atoms with Crippen LogP contribution in [0.3, 0.4) is 0 Å². The molecule has 0 aliphatic heterocycles. The highest BCUT2D eigenvalue weighted by atomic mass is 16.3. The Morgan fingerprint density at radius 2 is 1.56 bits per heavy atom. The summed E-state index contributed by atoms with van der Waals surface area (Å²) in [6, 6.07) is 19.2. The molecule has 3 rings (SSSR count). The van der Waals surface area contributed by atoms with Crippen molar-refractivity contribution < 1.29 is 5.11 Å². The molecule has 0 unspecified atom stereocenters. The summed E-state index contributed by atoms with van der Waals surface area (Å²) in [6.07, 6.45) is 0. The summed E-state index contributed by atoms with van der Waals surface area (Å²) in [4.78, 5) is 0. The highest BCUT2D eigenvalue weighted by molar-refractivity contribution is 5.97. The first-order valence-corrected chi connectivity index (χ1v) is 5.82. The minimum atomic E-state index is 0.271. The largest absolute Gasteiger partial charge is 0.507 e. The maximum absolute atomic E-state index is 9.89. The number of nitrogen functional groups attached to an aromatic ring is 1. The fraction of sp³-hybridized carbons (Fsp3) is 0. The number of para-hydroxylation sites is 1. The second-order valence-corrected chi connectivity index (χ2v) is 4.30. The number of phenolic OH excluding ortho intramolecular Hbond substituents is 1. The first kappa shape index (κ1) is 10.7. The summed E-state index contributed by atoms with van der Waals surface area (Å²) < 4.78 is 0. The Balaban J connectivity index is 2.28. The lowest BCUT2D eigenvalue weighted by Crippen LogP contribution is -1.89. The first-order chi connectivity index (χ1) is 8.75. The van der Waals surface area contributed by atoms with Gasteiger partial charge in [0.15, 0.2) is 0 Å². The smallest absolute Gasteiger partial charge is 0.123 e. The average Bonchev–Trinajstić information content (AvgIpc) is 2.39. The van der Waals surface area contributed by atoms with E-state index in [1.165, 1.54) is 0 Å². The summed E-state index contributed by atoms with van der Waals surface area (Å²) in [5, 5.41) is 12.0. The van der Waals surface area contributed by atoms with Crippen molar-refractivity contribution in [3.63, 3.8) is 0 Å². The van der Waals surface area contributed by atoms with Gasteiger partial charge >= 0.3 is 0 Å². The molecule has 2 nitrogen and oxygen atoms in total. The number of anilines is 1. The highest BCUT2D eigenvalue weighted by Crippen LogP contribution is 2.33. The molecule has 3 aromatic carbocycles. The van der Waals surface area contributed by atoms with Gasteiger partial charge in [-0.25, -0.2) is 0 Å². The summed E-state index contributed by atoms with van der Waals surface area (Å²) in [6.45, 7) is 0. The standard InChI is InChI=1S/C16H13NO/c17-15-10-12(14-7-3-4-8-16(14)18)9-11-5-1-2-6-13(11)15/h1-10,18H,17H2. The van der Waals surface area contributed by atoms with Crippen LogP contribution >= 0.6 is 0 Å². The van der Waals surface area contributed by atoms with Gasteiger partial charge in [-0.3, -0.25) is 0 Å². The maximum Gasteiger partial charge on any atom is 0.123 e. The number of aromatic hydroxyl groups is 1. The van der Waals surface area contributed by atoms with Crippen molar-refractivity contribution in [2.75, 3.05) is 5.73 Å². The fourth-order valence-corrected chi connectivity index (χ4v) is 2.21. The third-order valence-electron chi connectivity index (χ3n) is 3.11. The molecule has 0 aliphatic rings. The molecule has 0 amide bonds. The molecule has 0 heterocycles. The Morgan fingerprint density at radius 3 is 2.39 bits per heavy atom. The second kappa shape index (κ2) is 4.08. The van der Waals surface area contributed by atoms with Gasteiger partial charge in [0.2, 0.25) is 0 Å². The van der Waals surface area contributed by atoms with Crippen molar-refractivity contribution in [2.45, 2.75) is 0 Å². The summed E-state index contributed by atoms with van der Waals surface area (Å²) in [5.74, 6) is 0.271. The van der Waals surface area contributed by atoms with Crippen LogP contribution in [0.5, 0.6) is 5.75 Å². The van der Waals surface area contributed by atoms with E-state index in [1.807, 2.05) is 54.6 Å². The van der Waals surface area contributed by atoms with Crippen LogP contribution in [-0.2, 0) is 0 Å². The van der Waals surface area contributed by atoms with E-state index in [9.17, 15) is 5.11 Å². The van der Waals surface area contributed by atoms with Gasteiger partial charge in [-0.1, -0.05) is 42.5 Å². The predicted octanol–water partition coefficient (Wildman–Crippen LogP) is 3.79. The lowest BCUT2D eigenvalue weighted by molar-refractivity contribution is 0.477. The average molecular weight is 235 g/mol. The van der Waals surface area contributed by atoms with Crippen molar-refractivity contribution >= 4 is 16.5 Å². The van der Waals surface area contributed by atoms with Gasteiger partial charge in [0.1, 0.15) is 5.75 Å². The number of hydrogen-bond donors (Lipinski definition) is 2. The van der Waals surface area contributed by atoms with Crippen molar-refractivity contribution in [2.24, 2.45) is 0 Å². The zero-order valence-electron chi connectivity index (χ0n) is 9.80. The molecule has 0 aromatic heterocycles. The number of phenols is 1. The van der Waals surface area contributed by atoms with Crippen LogP contribution in [0.2, 0.25) is 0 Å². The van der Waals surface area contributed by atoms with Gasteiger partial charge in [-0.2, -0.15) is 0 Å². The van der Waals surface area contributed by atoms with E-state index in [4.69, 9.17) is 5.73 Å². The minimum Gasteiger partial charge on any atom is -0.507 e. The van der Waals surface area contributed by atoms with Crippen molar-refractivity contribution in [1.29, 1.82) is 0 Å². The lowest BCUT2D eigenvalue weighted by Gasteiger charge is -2.08. The molecule has 0 saturated carbocycles. The van der Waals surface area contributed by atoms with E-state index in [0.29, 0.717) is 0 Å². The van der Waals surface area contributed by atoms with Crippen LogP contribution < -0.4 is 5.73 Å². The number of nitrogens with two attached hydrogens (primary N) is 1. The number of hydrogen-bond acceptors (Lipinski definition) is 2. The van der Waals surface area contributed by atoms with E-state index in [0.717, 1.165) is 27.6 Å². The Morgan fingerprint density at radius 1 is 0.833 bits per heavy atom. The molecule has 2 heteroatoms. The van der Waals surface area contributed by atoms with E-state index in [-0.39, 0.29) is 5.75 Å². The molecule has 0 spiro atoms. The number of benzene rings is 3. The summed E-state index contributed by atoms with van der Waals surface area (Å²) in [7, 11) is 0. The topological polar surface area (TPSA) is 46.2 Å². The lowest BCUT2D eigenvalue weighted by atomic mass is 9.99. The molecule has 0 saturated heterocycles. The third-order valence-corrected chi connectivity index (χ3v) is 3.11. The molecule has 0 aliphatic carbocycles. The summed E-state index contributed by atoms with van der Waals surface area (Å²) >= 11 is 0. The molecular weight excluding hydrogens is 222 g/mol. The molecule has 3 aromatic rings. The molecule has 3 N–H and O–H groups in total. The van der Waals surface area contributed by atoms with Crippen LogP contribution in [0, 0.1) is 0 Å². The predicted molar refractivity (Wildman–Crippen MR) is 75.5 cm³/mol. The van der Waals surface area contributed by atoms with E-state index in [2.05, 4.69) is 0 Å². The van der Waals surface area contributed by atoms with Gasteiger partial charge in [0.25, 0.3) is 0 Å². The molecule has 0 atom stereocenters. The van der Waals surface area contributed by atoms with Crippen LogP contribution in [0.25, 0.3) is 21.9 Å². The molecule has 18 heavy (non-hydrogen) atoms. The van der Waals surface area contributed by atoms with Gasteiger partial charge in [0, 0.05) is 16.6 Å². The second-order valence-electron chi connectivity index (χ2n) is 4.30. The third kappa shape index (κ3) is 1.68. The molecule has 0 radical (unpaired) electrons. The van der Waals surface area contributed by atoms with Crippen LogP contribution in [0.15, 0.2) is 60.7 Å². The quantitative estimate of drug-likeness (QED) is 0.630. The Hall–Kier alpha value is -2.48. The van der Waals surface area contributed by atoms with E-state index >= 15 is 0 Å². The van der Waals surface area contributed by atoms with Crippen LogP contribution in [-0.4, -0.2) is 5.11 Å². The number of fused-ring (bicyclic) bond motifs is 1. The minimum absolute atomic E-state index is 0.271. The van der Waals surface area contributed by atoms with E-state index < -0.39 is 0 Å².